The van der Waals surface area contributed by atoms with Gasteiger partial charge in [0.2, 0.25) is 0 Å². The summed E-state index contributed by atoms with van der Waals surface area (Å²) in [5.74, 6) is -0.957. The predicted molar refractivity (Wildman–Crippen MR) is 333 cm³/mol. The Morgan fingerprint density at radius 1 is 0.512 bits per heavy atom. The fraction of sp³-hybridized carbons (Fsp3) is 0.443. The number of nitrogens with one attached hydrogen (secondary N) is 2. The summed E-state index contributed by atoms with van der Waals surface area (Å²) >= 11 is 0. The second-order valence-corrected chi connectivity index (χ2v) is 25.2. The van der Waals surface area contributed by atoms with E-state index in [1.54, 1.807) is 14.2 Å². The average molecular weight is 1150 g/mol. The summed E-state index contributed by atoms with van der Waals surface area (Å²) in [5, 5.41) is 42.0. The van der Waals surface area contributed by atoms with Gasteiger partial charge >= 0.3 is 17.9 Å². The third-order valence-corrected chi connectivity index (χ3v) is 17.7. The van der Waals surface area contributed by atoms with E-state index in [-0.39, 0.29) is 17.7 Å². The van der Waals surface area contributed by atoms with Crippen LogP contribution in [0.4, 0.5) is 0 Å². The third-order valence-electron chi connectivity index (χ3n) is 17.7. The van der Waals surface area contributed by atoms with Gasteiger partial charge in [-0.1, -0.05) is 187 Å². The molecule has 8 N–H and O–H groups in total. The van der Waals surface area contributed by atoms with Gasteiger partial charge < -0.3 is 46.0 Å². The fourth-order valence-electron chi connectivity index (χ4n) is 13.3. The predicted octanol–water partition coefficient (Wildman–Crippen LogP) is 10.9. The number of rotatable bonds is 19. The van der Waals surface area contributed by atoms with E-state index < -0.39 is 36.4 Å². The van der Waals surface area contributed by atoms with Gasteiger partial charge in [0.05, 0.1) is 27.1 Å². The van der Waals surface area contributed by atoms with Crippen molar-refractivity contribution in [1.82, 2.24) is 20.4 Å². The van der Waals surface area contributed by atoms with Crippen LogP contribution < -0.4 is 20.1 Å². The first kappa shape index (κ1) is 64.6. The van der Waals surface area contributed by atoms with Crippen LogP contribution in [-0.2, 0) is 38.3 Å². The number of carboxylic acid groups (broad SMARTS) is 3. The Labute approximate surface area is 499 Å². The van der Waals surface area contributed by atoms with Gasteiger partial charge in [0, 0.05) is 61.6 Å². The summed E-state index contributed by atoms with van der Waals surface area (Å²) in [6.45, 7) is 20.1. The lowest BCUT2D eigenvalue weighted by molar-refractivity contribution is -0.170. The first-order chi connectivity index (χ1) is 39.7. The molecular formula is C70H92N4O10. The van der Waals surface area contributed by atoms with Crippen LogP contribution in [0.5, 0.6) is 11.5 Å². The Hall–Kier alpha value is -6.91. The topological polar surface area (TPSA) is 213 Å². The number of aliphatic hydroxyl groups is 1. The minimum Gasteiger partial charge on any atom is -0.496 e. The molecule has 0 radical (unpaired) electrons. The lowest BCUT2D eigenvalue weighted by Gasteiger charge is -2.54. The van der Waals surface area contributed by atoms with Gasteiger partial charge in [0.15, 0.2) is 5.60 Å². The van der Waals surface area contributed by atoms with Crippen LogP contribution in [0.1, 0.15) is 138 Å². The lowest BCUT2D eigenvalue weighted by atomic mass is 9.70. The van der Waals surface area contributed by atoms with Crippen molar-refractivity contribution in [1.29, 1.82) is 0 Å². The summed E-state index contributed by atoms with van der Waals surface area (Å²) < 4.78 is 11.6. The first-order valence-corrected chi connectivity index (χ1v) is 29.6. The molecule has 6 aromatic carbocycles. The van der Waals surface area contributed by atoms with Crippen LogP contribution in [-0.4, -0.2) is 124 Å². The zero-order valence-corrected chi connectivity index (χ0v) is 50.3. The number of hydrogen-bond donors (Lipinski definition) is 6. The van der Waals surface area contributed by atoms with Crippen LogP contribution in [0.3, 0.4) is 0 Å². The zero-order valence-electron chi connectivity index (χ0n) is 50.3. The summed E-state index contributed by atoms with van der Waals surface area (Å²) in [6.07, 6.45) is 2.84. The van der Waals surface area contributed by atoms with Crippen molar-refractivity contribution in [2.24, 2.45) is 11.8 Å². The van der Waals surface area contributed by atoms with E-state index in [1.165, 1.54) is 96.4 Å². The van der Waals surface area contributed by atoms with Gasteiger partial charge in [-0.25, -0.2) is 4.79 Å². The SMILES string of the molecule is COc1ccc(C(C)(C)C)cc1CN[C@H]1C2CCN(CC2)[C@H]1C(c1ccccc1)c1ccccc1.COc1ccc(C(C)(C)C)cc1CN[C@H]1C2CCN(CC2)[C@H]1C(c1ccccc1)c1ccccc1.O.O=C(O)CC(O)(CC(=O)O)C(=O)O.[HH]. The molecule has 6 heterocycles. The lowest BCUT2D eigenvalue weighted by Crippen LogP contribution is -2.64. The van der Waals surface area contributed by atoms with Crippen LogP contribution in [0.15, 0.2) is 158 Å². The van der Waals surface area contributed by atoms with Gasteiger partial charge in [-0.05, 0) is 120 Å². The van der Waals surface area contributed by atoms with Crippen molar-refractivity contribution in [3.8, 4) is 11.5 Å². The van der Waals surface area contributed by atoms with Crippen molar-refractivity contribution in [2.75, 3.05) is 40.4 Å². The van der Waals surface area contributed by atoms with Crippen LogP contribution >= 0.6 is 0 Å². The van der Waals surface area contributed by atoms with Gasteiger partial charge in [0.1, 0.15) is 11.5 Å². The van der Waals surface area contributed by atoms with E-state index >= 15 is 0 Å². The molecule has 0 aliphatic carbocycles. The number of aliphatic carboxylic acids is 3. The average Bonchev–Trinajstić information content (AvgIpc) is 2.41. The Morgan fingerprint density at radius 3 is 1.06 bits per heavy atom. The number of piperidine rings is 6. The molecule has 0 unspecified atom stereocenters. The molecule has 4 atom stereocenters. The molecule has 6 aliphatic rings. The Kier molecular flexibility index (Phi) is 22.2. The fourth-order valence-corrected chi connectivity index (χ4v) is 13.3. The Morgan fingerprint density at radius 2 is 0.810 bits per heavy atom. The maximum atomic E-state index is 10.3. The van der Waals surface area contributed by atoms with Crippen LogP contribution in [0, 0.1) is 11.8 Å². The summed E-state index contributed by atoms with van der Waals surface area (Å²) in [5.41, 5.74) is 8.36. The molecule has 12 rings (SSSR count). The monoisotopic (exact) mass is 1150 g/mol. The van der Waals surface area contributed by atoms with Crippen molar-refractivity contribution in [2.45, 2.75) is 146 Å². The number of hydrogen-bond acceptors (Lipinski definition) is 10. The summed E-state index contributed by atoms with van der Waals surface area (Å²) in [6, 6.07) is 59.6. The highest BCUT2D eigenvalue weighted by Crippen LogP contribution is 2.44. The molecule has 4 bridgehead atoms. The summed E-state index contributed by atoms with van der Waals surface area (Å²) in [4.78, 5) is 36.0. The normalized spacial score (nSPS) is 21.7. The maximum absolute atomic E-state index is 10.3. The number of carbonyl (C=O) groups is 3. The standard InChI is InChI=1S/2C32H40N2O.C6H8O7.H2O.H2/c2*1-32(2,3)27-15-16-28(35-4)26(21-27)22-33-30-25-17-19-34(20-18-25)31(30)29(23-11-7-5-8-12-23)24-13-9-6-10-14-24;7-3(8)1-6(13,5(11)12)2-4(9)10;;/h2*5-16,21,25,29-31,33H,17-20,22H2,1-4H3;13H,1-2H2,(H,7,8)(H,9,10)(H,11,12);1H2;1H/t2*30-,31-;;;/m00.../s1. The highest BCUT2D eigenvalue weighted by atomic mass is 16.5. The molecule has 6 aliphatic heterocycles. The number of carboxylic acids is 3. The molecule has 14 heteroatoms. The number of methoxy groups -OCH3 is 2. The maximum Gasteiger partial charge on any atom is 0.336 e. The van der Waals surface area contributed by atoms with E-state index in [9.17, 15) is 14.4 Å². The largest absolute Gasteiger partial charge is 0.496 e. The number of fused-ring (bicyclic) bond motifs is 6. The molecule has 452 valence electrons. The van der Waals surface area contributed by atoms with Crippen LogP contribution in [0.25, 0.3) is 0 Å². The Balaban J connectivity index is 0.000000222. The van der Waals surface area contributed by atoms with Gasteiger partial charge in [-0.2, -0.15) is 0 Å². The third kappa shape index (κ3) is 15.9. The molecule has 0 aromatic heterocycles. The molecule has 84 heavy (non-hydrogen) atoms. The molecule has 0 spiro atoms. The quantitative estimate of drug-likeness (QED) is 0.0446. The van der Waals surface area contributed by atoms with Crippen LogP contribution in [0.2, 0.25) is 0 Å². The van der Waals surface area contributed by atoms with E-state index in [0.29, 0.717) is 47.8 Å². The van der Waals surface area contributed by atoms with Gasteiger partial charge in [-0.3, -0.25) is 19.4 Å². The van der Waals surface area contributed by atoms with Crippen molar-refractivity contribution in [3.05, 3.63) is 202 Å². The molecule has 6 aromatic rings. The Bertz CT molecular complexity index is 2780. The number of nitrogens with zero attached hydrogens (tertiary/aromatic N) is 2. The van der Waals surface area contributed by atoms with E-state index in [4.69, 9.17) is 29.9 Å². The molecule has 0 saturated carbocycles. The van der Waals surface area contributed by atoms with Crippen molar-refractivity contribution < 1.29 is 51.2 Å². The number of benzene rings is 6. The van der Waals surface area contributed by atoms with Gasteiger partial charge in [-0.15, -0.1) is 0 Å². The second kappa shape index (κ2) is 28.8. The van der Waals surface area contributed by atoms with Gasteiger partial charge in [0.25, 0.3) is 0 Å². The molecule has 14 nitrogen and oxygen atoms in total. The summed E-state index contributed by atoms with van der Waals surface area (Å²) in [7, 11) is 3.57. The molecule has 6 fully saturated rings. The van der Waals surface area contributed by atoms with E-state index in [1.807, 2.05) is 0 Å². The highest BCUT2D eigenvalue weighted by molar-refractivity contribution is 5.88. The molecular weight excluding hydrogens is 1060 g/mol. The minimum atomic E-state index is -2.74. The zero-order chi connectivity index (χ0) is 59.5. The van der Waals surface area contributed by atoms with E-state index in [2.05, 4.69) is 220 Å². The van der Waals surface area contributed by atoms with Crippen molar-refractivity contribution >= 4 is 17.9 Å². The first-order valence-electron chi connectivity index (χ1n) is 29.6. The number of ether oxygens (including phenoxy) is 2. The molecule has 6 saturated heterocycles. The second-order valence-electron chi connectivity index (χ2n) is 25.2. The van der Waals surface area contributed by atoms with Crippen molar-refractivity contribution in [3.63, 3.8) is 0 Å². The highest BCUT2D eigenvalue weighted by Gasteiger charge is 2.48. The van der Waals surface area contributed by atoms with E-state index in [0.717, 1.165) is 24.6 Å². The smallest absolute Gasteiger partial charge is 0.336 e. The minimum absolute atomic E-state index is 0. The molecule has 0 amide bonds.